The molecule has 2 N–H and O–H groups in total. The molecule has 94 valence electrons. The van der Waals surface area contributed by atoms with Gasteiger partial charge in [0.25, 0.3) is 0 Å². The van der Waals surface area contributed by atoms with Gasteiger partial charge in [0.15, 0.2) is 0 Å². The van der Waals surface area contributed by atoms with Gasteiger partial charge in [-0.1, -0.05) is 12.1 Å². The zero-order valence-electron chi connectivity index (χ0n) is 10.4. The normalized spacial score (nSPS) is 10.7. The van der Waals surface area contributed by atoms with Crippen molar-refractivity contribution in [3.8, 4) is 16.9 Å². The van der Waals surface area contributed by atoms with E-state index in [1.165, 1.54) is 6.07 Å². The SMILES string of the molecule is Cc1cc(-c2ccc(CO)c(F)c2)cc(C)c1O. The van der Waals surface area contributed by atoms with Crippen molar-refractivity contribution in [3.63, 3.8) is 0 Å². The van der Waals surface area contributed by atoms with Crippen LogP contribution in [-0.2, 0) is 6.61 Å². The van der Waals surface area contributed by atoms with E-state index in [1.807, 2.05) is 26.0 Å². The van der Waals surface area contributed by atoms with Crippen LogP contribution >= 0.6 is 0 Å². The van der Waals surface area contributed by atoms with Crippen molar-refractivity contribution in [1.82, 2.24) is 0 Å². The number of halogens is 1. The van der Waals surface area contributed by atoms with Crippen LogP contribution in [0.4, 0.5) is 4.39 Å². The molecule has 0 amide bonds. The van der Waals surface area contributed by atoms with Gasteiger partial charge in [0.1, 0.15) is 11.6 Å². The molecule has 0 bridgehead atoms. The molecule has 0 aliphatic carbocycles. The highest BCUT2D eigenvalue weighted by Crippen LogP contribution is 2.29. The van der Waals surface area contributed by atoms with Crippen LogP contribution in [0, 0.1) is 19.7 Å². The largest absolute Gasteiger partial charge is 0.507 e. The molecular formula is C15H15FO2. The highest BCUT2D eigenvalue weighted by atomic mass is 19.1. The molecule has 2 nitrogen and oxygen atoms in total. The molecule has 18 heavy (non-hydrogen) atoms. The van der Waals surface area contributed by atoms with Crippen molar-refractivity contribution in [1.29, 1.82) is 0 Å². The van der Waals surface area contributed by atoms with E-state index in [0.717, 1.165) is 22.3 Å². The second kappa shape index (κ2) is 4.78. The Bertz CT molecular complexity index is 568. The summed E-state index contributed by atoms with van der Waals surface area (Å²) in [5.74, 6) is -0.149. The predicted octanol–water partition coefficient (Wildman–Crippen LogP) is 3.31. The summed E-state index contributed by atoms with van der Waals surface area (Å²) in [4.78, 5) is 0. The van der Waals surface area contributed by atoms with E-state index in [2.05, 4.69) is 0 Å². The maximum absolute atomic E-state index is 13.6. The number of aliphatic hydroxyl groups is 1. The second-order valence-corrected chi connectivity index (χ2v) is 4.42. The fourth-order valence-corrected chi connectivity index (χ4v) is 1.98. The van der Waals surface area contributed by atoms with E-state index >= 15 is 0 Å². The Morgan fingerprint density at radius 2 is 1.61 bits per heavy atom. The molecule has 0 unspecified atom stereocenters. The average Bonchev–Trinajstić information content (AvgIpc) is 2.35. The fourth-order valence-electron chi connectivity index (χ4n) is 1.98. The molecule has 0 fully saturated rings. The van der Waals surface area contributed by atoms with E-state index in [1.54, 1.807) is 12.1 Å². The molecule has 0 aromatic heterocycles. The summed E-state index contributed by atoms with van der Waals surface area (Å²) in [5.41, 5.74) is 3.39. The Labute approximate surface area is 105 Å². The van der Waals surface area contributed by atoms with Crippen LogP contribution in [0.15, 0.2) is 30.3 Å². The van der Waals surface area contributed by atoms with E-state index in [-0.39, 0.29) is 17.9 Å². The maximum Gasteiger partial charge on any atom is 0.129 e. The molecule has 0 heterocycles. The number of hydrogen-bond acceptors (Lipinski definition) is 2. The van der Waals surface area contributed by atoms with Crippen molar-refractivity contribution >= 4 is 0 Å². The molecule has 0 aliphatic heterocycles. The van der Waals surface area contributed by atoms with Crippen molar-refractivity contribution in [2.45, 2.75) is 20.5 Å². The molecule has 0 saturated carbocycles. The van der Waals surface area contributed by atoms with Crippen LogP contribution in [0.1, 0.15) is 16.7 Å². The third kappa shape index (κ3) is 2.22. The minimum Gasteiger partial charge on any atom is -0.507 e. The molecule has 2 rings (SSSR count). The first-order valence-corrected chi connectivity index (χ1v) is 5.73. The first-order valence-electron chi connectivity index (χ1n) is 5.73. The lowest BCUT2D eigenvalue weighted by Gasteiger charge is -2.09. The van der Waals surface area contributed by atoms with Crippen molar-refractivity contribution in [2.24, 2.45) is 0 Å². The average molecular weight is 246 g/mol. The van der Waals surface area contributed by atoms with Crippen LogP contribution in [0.25, 0.3) is 11.1 Å². The van der Waals surface area contributed by atoms with Gasteiger partial charge in [-0.15, -0.1) is 0 Å². The van der Waals surface area contributed by atoms with Crippen LogP contribution in [0.5, 0.6) is 5.75 Å². The number of aryl methyl sites for hydroxylation is 2. The van der Waals surface area contributed by atoms with Gasteiger partial charge < -0.3 is 10.2 Å². The molecule has 2 aromatic rings. The van der Waals surface area contributed by atoms with Gasteiger partial charge >= 0.3 is 0 Å². The monoisotopic (exact) mass is 246 g/mol. The number of hydrogen-bond donors (Lipinski definition) is 2. The third-order valence-electron chi connectivity index (χ3n) is 3.05. The van der Waals surface area contributed by atoms with Crippen molar-refractivity contribution in [3.05, 3.63) is 52.8 Å². The third-order valence-corrected chi connectivity index (χ3v) is 3.05. The Kier molecular flexibility index (Phi) is 3.34. The van der Waals surface area contributed by atoms with E-state index in [0.29, 0.717) is 0 Å². The van der Waals surface area contributed by atoms with Crippen LogP contribution in [-0.4, -0.2) is 10.2 Å². The molecule has 3 heteroatoms. The Hall–Kier alpha value is -1.87. The fraction of sp³-hybridized carbons (Fsp3) is 0.200. The van der Waals surface area contributed by atoms with Crippen molar-refractivity contribution < 1.29 is 14.6 Å². The zero-order chi connectivity index (χ0) is 13.3. The van der Waals surface area contributed by atoms with Gasteiger partial charge in [-0.05, 0) is 54.3 Å². The van der Waals surface area contributed by atoms with Gasteiger partial charge in [-0.3, -0.25) is 0 Å². The molecule has 0 atom stereocenters. The lowest BCUT2D eigenvalue weighted by atomic mass is 9.99. The van der Waals surface area contributed by atoms with E-state index < -0.39 is 5.82 Å². The van der Waals surface area contributed by atoms with Gasteiger partial charge in [-0.2, -0.15) is 0 Å². The van der Waals surface area contributed by atoms with Gasteiger partial charge in [-0.25, -0.2) is 4.39 Å². The molecule has 0 saturated heterocycles. The molecular weight excluding hydrogens is 231 g/mol. The summed E-state index contributed by atoms with van der Waals surface area (Å²) in [6.45, 7) is 3.31. The quantitative estimate of drug-likeness (QED) is 0.853. The summed E-state index contributed by atoms with van der Waals surface area (Å²) in [6.07, 6.45) is 0. The van der Waals surface area contributed by atoms with Gasteiger partial charge in [0.05, 0.1) is 6.61 Å². The van der Waals surface area contributed by atoms with Gasteiger partial charge in [0.2, 0.25) is 0 Å². The number of aliphatic hydroxyl groups excluding tert-OH is 1. The Morgan fingerprint density at radius 1 is 1.00 bits per heavy atom. The predicted molar refractivity (Wildman–Crippen MR) is 68.9 cm³/mol. The molecule has 0 spiro atoms. The zero-order valence-corrected chi connectivity index (χ0v) is 10.4. The Morgan fingerprint density at radius 3 is 2.11 bits per heavy atom. The number of aromatic hydroxyl groups is 1. The summed E-state index contributed by atoms with van der Waals surface area (Å²) >= 11 is 0. The van der Waals surface area contributed by atoms with E-state index in [9.17, 15) is 9.50 Å². The number of rotatable bonds is 2. The van der Waals surface area contributed by atoms with Gasteiger partial charge in [0, 0.05) is 5.56 Å². The number of phenolic OH excluding ortho intramolecular Hbond substituents is 1. The Balaban J connectivity index is 2.52. The second-order valence-electron chi connectivity index (χ2n) is 4.42. The topological polar surface area (TPSA) is 40.5 Å². The summed E-state index contributed by atoms with van der Waals surface area (Å²) < 4.78 is 13.6. The minimum absolute atomic E-state index is 0.270. The summed E-state index contributed by atoms with van der Waals surface area (Å²) in [5, 5.41) is 18.6. The van der Waals surface area contributed by atoms with Crippen LogP contribution < -0.4 is 0 Å². The highest BCUT2D eigenvalue weighted by molar-refractivity contribution is 5.67. The molecule has 0 radical (unpaired) electrons. The summed E-state index contributed by atoms with van der Waals surface area (Å²) in [6, 6.07) is 8.37. The highest BCUT2D eigenvalue weighted by Gasteiger charge is 2.08. The minimum atomic E-state index is -0.418. The molecule has 2 aromatic carbocycles. The number of benzene rings is 2. The lowest BCUT2D eigenvalue weighted by Crippen LogP contribution is -1.91. The lowest BCUT2D eigenvalue weighted by molar-refractivity contribution is 0.276. The maximum atomic E-state index is 13.6. The smallest absolute Gasteiger partial charge is 0.129 e. The van der Waals surface area contributed by atoms with Crippen LogP contribution in [0.2, 0.25) is 0 Å². The number of phenols is 1. The first kappa shape index (κ1) is 12.6. The van der Waals surface area contributed by atoms with Crippen molar-refractivity contribution in [2.75, 3.05) is 0 Å². The van der Waals surface area contributed by atoms with E-state index in [4.69, 9.17) is 5.11 Å². The molecule has 0 aliphatic rings. The van der Waals surface area contributed by atoms with Crippen LogP contribution in [0.3, 0.4) is 0 Å². The standard InChI is InChI=1S/C15H15FO2/c1-9-5-13(6-10(2)15(9)18)11-3-4-12(8-17)14(16)7-11/h3-7,17-18H,8H2,1-2H3. The summed E-state index contributed by atoms with van der Waals surface area (Å²) in [7, 11) is 0. The first-order chi connectivity index (χ1) is 8.52.